The molecule has 1 aromatic heterocycles. The second-order valence-corrected chi connectivity index (χ2v) is 5.63. The van der Waals surface area contributed by atoms with Crippen molar-refractivity contribution >= 4 is 33.9 Å². The van der Waals surface area contributed by atoms with E-state index in [0.717, 1.165) is 16.5 Å². The highest BCUT2D eigenvalue weighted by Gasteiger charge is 2.15. The van der Waals surface area contributed by atoms with Crippen molar-refractivity contribution in [1.29, 1.82) is 0 Å². The van der Waals surface area contributed by atoms with E-state index >= 15 is 0 Å². The van der Waals surface area contributed by atoms with Gasteiger partial charge in [0, 0.05) is 18.0 Å². The summed E-state index contributed by atoms with van der Waals surface area (Å²) in [5, 5.41) is 22.7. The fourth-order valence-electron chi connectivity index (χ4n) is 2.23. The molecule has 1 heterocycles. The molecule has 0 amide bonds. The molecular weight excluding hydrogens is 284 g/mol. The molecule has 1 aromatic carbocycles. The zero-order chi connectivity index (χ0) is 15.6. The number of nitrogens with zero attached hydrogens (tertiary/aromatic N) is 3. The molecule has 2 N–H and O–H groups in total. The van der Waals surface area contributed by atoms with Gasteiger partial charge in [-0.2, -0.15) is 0 Å². The third-order valence-corrected chi connectivity index (χ3v) is 3.33. The first-order valence-electron chi connectivity index (χ1n) is 6.98. The van der Waals surface area contributed by atoms with Crippen molar-refractivity contribution in [2.45, 2.75) is 40.3 Å². The number of aromatic nitrogens is 1. The van der Waals surface area contributed by atoms with Gasteiger partial charge < -0.3 is 15.0 Å². The Hall–Kier alpha value is -1.95. The van der Waals surface area contributed by atoms with E-state index < -0.39 is 0 Å². The summed E-state index contributed by atoms with van der Waals surface area (Å²) in [6, 6.07) is 6.19. The summed E-state index contributed by atoms with van der Waals surface area (Å²) >= 11 is 5.10. The van der Waals surface area contributed by atoms with Gasteiger partial charge in [-0.25, -0.2) is 0 Å². The Morgan fingerprint density at radius 1 is 1.43 bits per heavy atom. The van der Waals surface area contributed by atoms with Crippen LogP contribution in [-0.4, -0.2) is 20.8 Å². The van der Waals surface area contributed by atoms with Gasteiger partial charge in [-0.05, 0) is 52.0 Å². The van der Waals surface area contributed by atoms with Crippen LogP contribution in [0.1, 0.15) is 26.3 Å². The van der Waals surface area contributed by atoms with E-state index in [1.807, 2.05) is 50.5 Å². The number of azo groups is 1. The van der Waals surface area contributed by atoms with Crippen LogP contribution in [-0.2, 0) is 6.54 Å². The molecule has 0 radical (unpaired) electrons. The van der Waals surface area contributed by atoms with Crippen LogP contribution < -0.4 is 5.32 Å². The van der Waals surface area contributed by atoms with Crippen LogP contribution in [0.2, 0.25) is 0 Å². The fourth-order valence-corrected chi connectivity index (χ4v) is 2.50. The number of hydrogen-bond acceptors (Lipinski definition) is 3. The summed E-state index contributed by atoms with van der Waals surface area (Å²) in [6.07, 6.45) is 0. The zero-order valence-corrected chi connectivity index (χ0v) is 13.5. The molecule has 0 spiro atoms. The molecular formula is C15H20N4OS. The van der Waals surface area contributed by atoms with Crippen LogP contribution in [0.4, 0.5) is 5.69 Å². The molecule has 0 saturated heterocycles. The number of aromatic hydroxyl groups is 1. The normalized spacial score (nSPS) is 11.7. The lowest BCUT2D eigenvalue weighted by Gasteiger charge is -2.05. The first kappa shape index (κ1) is 15.4. The van der Waals surface area contributed by atoms with Gasteiger partial charge in [0.2, 0.25) is 11.0 Å². The number of fused-ring (bicyclic) bond motifs is 1. The van der Waals surface area contributed by atoms with Gasteiger partial charge in [0.25, 0.3) is 0 Å². The number of benzene rings is 1. The van der Waals surface area contributed by atoms with E-state index in [0.29, 0.717) is 17.3 Å². The smallest absolute Gasteiger partial charge is 0.220 e. The van der Waals surface area contributed by atoms with E-state index in [9.17, 15) is 5.11 Å². The maximum absolute atomic E-state index is 10.3. The summed E-state index contributed by atoms with van der Waals surface area (Å²) in [5.41, 5.74) is 2.51. The van der Waals surface area contributed by atoms with E-state index in [1.54, 1.807) is 0 Å². The quantitative estimate of drug-likeness (QED) is 0.664. The van der Waals surface area contributed by atoms with Crippen molar-refractivity contribution in [3.05, 3.63) is 23.8 Å². The monoisotopic (exact) mass is 304 g/mol. The largest absolute Gasteiger partial charge is 0.493 e. The Labute approximate surface area is 129 Å². The van der Waals surface area contributed by atoms with E-state index in [4.69, 9.17) is 12.2 Å². The maximum atomic E-state index is 10.3. The van der Waals surface area contributed by atoms with E-state index in [1.165, 1.54) is 0 Å². The van der Waals surface area contributed by atoms with Gasteiger partial charge in [-0.15, -0.1) is 10.2 Å². The van der Waals surface area contributed by atoms with Crippen molar-refractivity contribution in [2.75, 3.05) is 0 Å². The Kier molecular flexibility index (Phi) is 4.57. The lowest BCUT2D eigenvalue weighted by Crippen LogP contribution is -2.26. The standard InChI is InChI=1S/C15H20N4OS/c1-5-19-12-7-6-10(4)8-11(12)13(14(19)20)17-18-15(21)16-9(2)3/h6-9,20H,5H2,1-4H3,(H,16,21). The first-order valence-corrected chi connectivity index (χ1v) is 7.39. The summed E-state index contributed by atoms with van der Waals surface area (Å²) in [7, 11) is 0. The average Bonchev–Trinajstić information content (AvgIpc) is 2.66. The van der Waals surface area contributed by atoms with E-state index in [-0.39, 0.29) is 11.9 Å². The molecule has 0 aliphatic rings. The minimum Gasteiger partial charge on any atom is -0.493 e. The molecule has 0 bridgehead atoms. The molecule has 2 aromatic rings. The fraction of sp³-hybridized carbons (Fsp3) is 0.400. The molecule has 21 heavy (non-hydrogen) atoms. The number of hydrogen-bond donors (Lipinski definition) is 2. The Bertz CT molecular complexity index is 703. The number of aryl methyl sites for hydroxylation is 2. The lowest BCUT2D eigenvalue weighted by atomic mass is 10.1. The van der Waals surface area contributed by atoms with Crippen molar-refractivity contribution in [3.8, 4) is 5.88 Å². The van der Waals surface area contributed by atoms with Gasteiger partial charge in [-0.3, -0.25) is 0 Å². The molecule has 112 valence electrons. The van der Waals surface area contributed by atoms with Gasteiger partial charge in [-0.1, -0.05) is 11.6 Å². The Morgan fingerprint density at radius 3 is 2.76 bits per heavy atom. The highest BCUT2D eigenvalue weighted by molar-refractivity contribution is 7.80. The topological polar surface area (TPSA) is 61.9 Å². The van der Waals surface area contributed by atoms with Crippen molar-refractivity contribution < 1.29 is 5.11 Å². The second kappa shape index (κ2) is 6.22. The molecule has 0 saturated carbocycles. The summed E-state index contributed by atoms with van der Waals surface area (Å²) in [5.74, 6) is 0.120. The number of thiocarbonyl (C=S) groups is 1. The number of rotatable bonds is 3. The molecule has 2 rings (SSSR count). The predicted octanol–water partition coefficient (Wildman–Crippen LogP) is 4.04. The van der Waals surface area contributed by atoms with Crippen molar-refractivity contribution in [2.24, 2.45) is 10.2 Å². The molecule has 0 aliphatic heterocycles. The molecule has 6 heteroatoms. The van der Waals surface area contributed by atoms with Gasteiger partial charge in [0.1, 0.15) is 0 Å². The second-order valence-electron chi connectivity index (χ2n) is 5.24. The van der Waals surface area contributed by atoms with Gasteiger partial charge >= 0.3 is 0 Å². The number of nitrogens with one attached hydrogen (secondary N) is 1. The third kappa shape index (κ3) is 3.21. The molecule has 0 aliphatic carbocycles. The maximum Gasteiger partial charge on any atom is 0.220 e. The SMILES string of the molecule is CCn1c(O)c(N=NC(=S)NC(C)C)c2cc(C)ccc21. The highest BCUT2D eigenvalue weighted by atomic mass is 32.1. The summed E-state index contributed by atoms with van der Waals surface area (Å²) < 4.78 is 1.81. The van der Waals surface area contributed by atoms with Crippen LogP contribution in [0.15, 0.2) is 28.4 Å². The van der Waals surface area contributed by atoms with Crippen LogP contribution in [0.25, 0.3) is 10.9 Å². The summed E-state index contributed by atoms with van der Waals surface area (Å²) in [6.45, 7) is 8.60. The van der Waals surface area contributed by atoms with Crippen molar-refractivity contribution in [3.63, 3.8) is 0 Å². The van der Waals surface area contributed by atoms with Crippen LogP contribution >= 0.6 is 12.2 Å². The first-order chi connectivity index (χ1) is 9.93. The lowest BCUT2D eigenvalue weighted by molar-refractivity contribution is 0.427. The molecule has 5 nitrogen and oxygen atoms in total. The minimum absolute atomic E-state index is 0.120. The molecule has 0 unspecified atom stereocenters. The Balaban J connectivity index is 2.48. The summed E-state index contributed by atoms with van der Waals surface area (Å²) in [4.78, 5) is 0. The average molecular weight is 304 g/mol. The molecule has 0 atom stereocenters. The zero-order valence-electron chi connectivity index (χ0n) is 12.7. The van der Waals surface area contributed by atoms with E-state index in [2.05, 4.69) is 15.5 Å². The van der Waals surface area contributed by atoms with Gasteiger partial charge in [0.15, 0.2) is 5.69 Å². The van der Waals surface area contributed by atoms with Gasteiger partial charge in [0.05, 0.1) is 5.52 Å². The van der Waals surface area contributed by atoms with Crippen LogP contribution in [0, 0.1) is 6.92 Å². The Morgan fingerprint density at radius 2 is 2.14 bits per heavy atom. The van der Waals surface area contributed by atoms with Crippen LogP contribution in [0.5, 0.6) is 5.88 Å². The third-order valence-electron chi connectivity index (χ3n) is 3.13. The van der Waals surface area contributed by atoms with Crippen molar-refractivity contribution in [1.82, 2.24) is 9.88 Å². The highest BCUT2D eigenvalue weighted by Crippen LogP contribution is 2.39. The van der Waals surface area contributed by atoms with Crippen LogP contribution in [0.3, 0.4) is 0 Å². The molecule has 0 fully saturated rings. The predicted molar refractivity (Wildman–Crippen MR) is 89.4 cm³/mol. The minimum atomic E-state index is 0.120.